The molecule has 110 valence electrons. The van der Waals surface area contributed by atoms with E-state index in [-0.39, 0.29) is 5.78 Å². The number of nitrogens with zero attached hydrogens (tertiary/aromatic N) is 1. The van der Waals surface area contributed by atoms with E-state index in [0.717, 1.165) is 12.1 Å². The van der Waals surface area contributed by atoms with Crippen molar-refractivity contribution in [2.24, 2.45) is 11.8 Å². The molecule has 1 aromatic rings. The standard InChI is InChI=1S/C17H25NOS/c1-12-9-13(2)14(3)18(10-12)11-17(19)15-5-7-16(20-4)8-6-15/h5-8,12-14H,9-11H2,1-4H3. The molecule has 0 amide bonds. The van der Waals surface area contributed by atoms with Crippen LogP contribution in [0.5, 0.6) is 0 Å². The number of piperidine rings is 1. The second-order valence-corrected chi connectivity index (χ2v) is 7.02. The van der Waals surface area contributed by atoms with E-state index in [0.29, 0.717) is 24.4 Å². The van der Waals surface area contributed by atoms with Gasteiger partial charge in [-0.3, -0.25) is 9.69 Å². The minimum atomic E-state index is 0.241. The Morgan fingerprint density at radius 3 is 2.50 bits per heavy atom. The Morgan fingerprint density at radius 2 is 1.90 bits per heavy atom. The average molecular weight is 291 g/mol. The van der Waals surface area contributed by atoms with Crippen LogP contribution in [0.25, 0.3) is 0 Å². The number of carbonyl (C=O) groups excluding carboxylic acids is 1. The third kappa shape index (κ3) is 3.64. The van der Waals surface area contributed by atoms with Gasteiger partial charge in [0, 0.05) is 23.0 Å². The summed E-state index contributed by atoms with van der Waals surface area (Å²) in [7, 11) is 0. The van der Waals surface area contributed by atoms with Crippen molar-refractivity contribution in [3.05, 3.63) is 29.8 Å². The van der Waals surface area contributed by atoms with E-state index in [4.69, 9.17) is 0 Å². The van der Waals surface area contributed by atoms with Gasteiger partial charge in [0.25, 0.3) is 0 Å². The Bertz CT molecular complexity index is 457. The van der Waals surface area contributed by atoms with Crippen molar-refractivity contribution in [1.82, 2.24) is 4.90 Å². The SMILES string of the molecule is CSc1ccc(C(=O)CN2CC(C)CC(C)C2C)cc1. The molecule has 3 heteroatoms. The molecule has 1 fully saturated rings. The first kappa shape index (κ1) is 15.6. The van der Waals surface area contributed by atoms with E-state index >= 15 is 0 Å². The maximum Gasteiger partial charge on any atom is 0.176 e. The summed E-state index contributed by atoms with van der Waals surface area (Å²) in [5.41, 5.74) is 0.834. The van der Waals surface area contributed by atoms with E-state index in [1.54, 1.807) is 11.8 Å². The number of hydrogen-bond donors (Lipinski definition) is 0. The monoisotopic (exact) mass is 291 g/mol. The zero-order chi connectivity index (χ0) is 14.7. The molecular formula is C17H25NOS. The fourth-order valence-electron chi connectivity index (χ4n) is 3.09. The minimum Gasteiger partial charge on any atom is -0.293 e. The topological polar surface area (TPSA) is 20.3 Å². The molecule has 0 aromatic heterocycles. The molecule has 2 rings (SSSR count). The van der Waals surface area contributed by atoms with Crippen molar-refractivity contribution < 1.29 is 4.79 Å². The fourth-order valence-corrected chi connectivity index (χ4v) is 3.50. The Labute approximate surface area is 126 Å². The Kier molecular flexibility index (Phi) is 5.28. The Balaban J connectivity index is 2.02. The molecule has 2 nitrogen and oxygen atoms in total. The van der Waals surface area contributed by atoms with Crippen molar-refractivity contribution in [3.63, 3.8) is 0 Å². The zero-order valence-electron chi connectivity index (χ0n) is 12.9. The number of Topliss-reactive ketones (excluding diaryl/α,β-unsaturated/α-hetero) is 1. The number of likely N-dealkylation sites (tertiary alicyclic amines) is 1. The van der Waals surface area contributed by atoms with Gasteiger partial charge in [0.15, 0.2) is 5.78 Å². The van der Waals surface area contributed by atoms with Crippen LogP contribution in [0, 0.1) is 11.8 Å². The summed E-state index contributed by atoms with van der Waals surface area (Å²) in [5, 5.41) is 0. The number of hydrogen-bond acceptors (Lipinski definition) is 3. The first-order valence-corrected chi connectivity index (χ1v) is 8.65. The summed E-state index contributed by atoms with van der Waals surface area (Å²) in [5.74, 6) is 1.60. The van der Waals surface area contributed by atoms with Gasteiger partial charge in [-0.1, -0.05) is 26.0 Å². The lowest BCUT2D eigenvalue weighted by atomic mass is 9.86. The number of ketones is 1. The van der Waals surface area contributed by atoms with Gasteiger partial charge in [-0.15, -0.1) is 11.8 Å². The molecular weight excluding hydrogens is 266 g/mol. The lowest BCUT2D eigenvalue weighted by molar-refractivity contribution is 0.0650. The van der Waals surface area contributed by atoms with Crippen LogP contribution in [0.4, 0.5) is 0 Å². The highest BCUT2D eigenvalue weighted by atomic mass is 32.2. The van der Waals surface area contributed by atoms with Gasteiger partial charge in [-0.25, -0.2) is 0 Å². The minimum absolute atomic E-state index is 0.241. The summed E-state index contributed by atoms with van der Waals surface area (Å²) in [6.07, 6.45) is 3.32. The van der Waals surface area contributed by atoms with E-state index < -0.39 is 0 Å². The molecule has 1 heterocycles. The van der Waals surface area contributed by atoms with Crippen molar-refractivity contribution in [2.75, 3.05) is 19.3 Å². The van der Waals surface area contributed by atoms with Crippen LogP contribution in [-0.4, -0.2) is 36.1 Å². The fraction of sp³-hybridized carbons (Fsp3) is 0.588. The van der Waals surface area contributed by atoms with Gasteiger partial charge in [0.1, 0.15) is 0 Å². The highest BCUT2D eigenvalue weighted by molar-refractivity contribution is 7.98. The normalized spacial score (nSPS) is 27.5. The van der Waals surface area contributed by atoms with Crippen LogP contribution in [0.2, 0.25) is 0 Å². The van der Waals surface area contributed by atoms with Gasteiger partial charge in [-0.05, 0) is 43.6 Å². The van der Waals surface area contributed by atoms with Crippen LogP contribution in [0.1, 0.15) is 37.6 Å². The second kappa shape index (κ2) is 6.77. The van der Waals surface area contributed by atoms with Gasteiger partial charge >= 0.3 is 0 Å². The van der Waals surface area contributed by atoms with Gasteiger partial charge < -0.3 is 0 Å². The number of thioether (sulfide) groups is 1. The Morgan fingerprint density at radius 1 is 1.25 bits per heavy atom. The summed E-state index contributed by atoms with van der Waals surface area (Å²) < 4.78 is 0. The second-order valence-electron chi connectivity index (χ2n) is 6.14. The van der Waals surface area contributed by atoms with E-state index in [2.05, 4.69) is 31.9 Å². The molecule has 0 bridgehead atoms. The molecule has 0 saturated carbocycles. The van der Waals surface area contributed by atoms with Gasteiger partial charge in [0.2, 0.25) is 0 Å². The quantitative estimate of drug-likeness (QED) is 0.618. The lowest BCUT2D eigenvalue weighted by Crippen LogP contribution is -2.47. The van der Waals surface area contributed by atoms with Crippen LogP contribution < -0.4 is 0 Å². The number of rotatable bonds is 4. The Hall–Kier alpha value is -0.800. The maximum atomic E-state index is 12.4. The lowest BCUT2D eigenvalue weighted by Gasteiger charge is -2.40. The van der Waals surface area contributed by atoms with Crippen LogP contribution in [-0.2, 0) is 0 Å². The molecule has 1 aromatic carbocycles. The van der Waals surface area contributed by atoms with Crippen molar-refractivity contribution in [2.45, 2.75) is 38.1 Å². The van der Waals surface area contributed by atoms with E-state index in [9.17, 15) is 4.79 Å². The van der Waals surface area contributed by atoms with Crippen molar-refractivity contribution in [1.29, 1.82) is 0 Å². The zero-order valence-corrected chi connectivity index (χ0v) is 13.7. The molecule has 0 spiro atoms. The molecule has 0 radical (unpaired) electrons. The summed E-state index contributed by atoms with van der Waals surface area (Å²) in [4.78, 5) is 16.0. The van der Waals surface area contributed by atoms with Crippen molar-refractivity contribution in [3.8, 4) is 0 Å². The smallest absolute Gasteiger partial charge is 0.176 e. The summed E-state index contributed by atoms with van der Waals surface area (Å²) in [6, 6.07) is 8.47. The van der Waals surface area contributed by atoms with Crippen molar-refractivity contribution >= 4 is 17.5 Å². The first-order chi connectivity index (χ1) is 9.51. The summed E-state index contributed by atoms with van der Waals surface area (Å²) in [6.45, 7) is 8.42. The number of carbonyl (C=O) groups is 1. The van der Waals surface area contributed by atoms with E-state index in [1.807, 2.05) is 24.3 Å². The molecule has 20 heavy (non-hydrogen) atoms. The van der Waals surface area contributed by atoms with Gasteiger partial charge in [0.05, 0.1) is 6.54 Å². The molecule has 0 N–H and O–H groups in total. The molecule has 0 aliphatic carbocycles. The predicted octanol–water partition coefficient (Wildman–Crippen LogP) is 3.96. The van der Waals surface area contributed by atoms with Crippen LogP contribution in [0.3, 0.4) is 0 Å². The predicted molar refractivity (Wildman–Crippen MR) is 86.5 cm³/mol. The van der Waals surface area contributed by atoms with E-state index in [1.165, 1.54) is 11.3 Å². The molecule has 1 aliphatic rings. The first-order valence-electron chi connectivity index (χ1n) is 7.42. The number of benzene rings is 1. The molecule has 3 unspecified atom stereocenters. The third-order valence-corrected chi connectivity index (χ3v) is 5.22. The highest BCUT2D eigenvalue weighted by Crippen LogP contribution is 2.27. The highest BCUT2D eigenvalue weighted by Gasteiger charge is 2.29. The largest absolute Gasteiger partial charge is 0.293 e. The average Bonchev–Trinajstić information content (AvgIpc) is 2.44. The van der Waals surface area contributed by atoms with Crippen LogP contribution in [0.15, 0.2) is 29.2 Å². The molecule has 1 saturated heterocycles. The molecule has 1 aliphatic heterocycles. The van der Waals surface area contributed by atoms with Crippen LogP contribution >= 0.6 is 11.8 Å². The maximum absolute atomic E-state index is 12.4. The summed E-state index contributed by atoms with van der Waals surface area (Å²) >= 11 is 1.70. The third-order valence-electron chi connectivity index (χ3n) is 4.48. The molecule has 3 atom stereocenters. The van der Waals surface area contributed by atoms with Gasteiger partial charge in [-0.2, -0.15) is 0 Å².